The minimum Gasteiger partial charge on any atom is -0.369 e. The maximum absolute atomic E-state index is 9.45. The van der Waals surface area contributed by atoms with Gasteiger partial charge in [0.2, 0.25) is 0 Å². The van der Waals surface area contributed by atoms with E-state index in [9.17, 15) is 5.26 Å². The normalized spacial score (nSPS) is 15.5. The Balaban J connectivity index is 2.07. The van der Waals surface area contributed by atoms with Crippen LogP contribution in [-0.2, 0) is 0 Å². The summed E-state index contributed by atoms with van der Waals surface area (Å²) in [5, 5.41) is 11.6. The van der Waals surface area contributed by atoms with Gasteiger partial charge in [-0.3, -0.25) is 0 Å². The van der Waals surface area contributed by atoms with Crippen LogP contribution in [0.1, 0.15) is 25.0 Å². The number of piperidine rings is 1. The van der Waals surface area contributed by atoms with E-state index in [2.05, 4.69) is 32.0 Å². The van der Waals surface area contributed by atoms with Crippen LogP contribution in [-0.4, -0.2) is 28.0 Å². The van der Waals surface area contributed by atoms with Crippen molar-refractivity contribution in [2.75, 3.05) is 18.0 Å². The van der Waals surface area contributed by atoms with Crippen LogP contribution < -0.4 is 4.90 Å². The van der Waals surface area contributed by atoms with Crippen LogP contribution in [0, 0.1) is 11.3 Å². The fourth-order valence-corrected chi connectivity index (χ4v) is 3.21. The van der Waals surface area contributed by atoms with E-state index in [-0.39, 0.29) is 0 Å². The van der Waals surface area contributed by atoms with Gasteiger partial charge in [0.25, 0.3) is 0 Å². The van der Waals surface area contributed by atoms with E-state index < -0.39 is 0 Å². The molecule has 0 aromatic carbocycles. The number of hydrogen-bond donors (Lipinski definition) is 1. The highest BCUT2D eigenvalue weighted by molar-refractivity contribution is 6.13. The van der Waals surface area contributed by atoms with Crippen LogP contribution in [0.4, 0.5) is 5.69 Å². The minimum absolute atomic E-state index is 0.508. The summed E-state index contributed by atoms with van der Waals surface area (Å²) < 4.78 is 0. The Morgan fingerprint density at radius 3 is 2.86 bits per heavy atom. The maximum Gasteiger partial charge on any atom is 0.164 e. The van der Waals surface area contributed by atoms with Crippen molar-refractivity contribution in [3.05, 3.63) is 30.2 Å². The number of aromatic nitrogens is 3. The highest BCUT2D eigenvalue weighted by Crippen LogP contribution is 2.35. The van der Waals surface area contributed by atoms with Gasteiger partial charge >= 0.3 is 0 Å². The van der Waals surface area contributed by atoms with Crippen molar-refractivity contribution in [2.24, 2.45) is 0 Å². The molecular weight excluding hydrogens is 262 g/mol. The second kappa shape index (κ2) is 4.74. The SMILES string of the molecule is N#Cc1ncc2[nH]c3ncccc3c2c1N1CCCCC1. The van der Waals surface area contributed by atoms with Crippen LogP contribution in [0.5, 0.6) is 0 Å². The molecule has 0 atom stereocenters. The van der Waals surface area contributed by atoms with Crippen molar-refractivity contribution >= 4 is 27.6 Å². The summed E-state index contributed by atoms with van der Waals surface area (Å²) >= 11 is 0. The van der Waals surface area contributed by atoms with Crippen molar-refractivity contribution in [1.82, 2.24) is 15.0 Å². The lowest BCUT2D eigenvalue weighted by Gasteiger charge is -2.29. The lowest BCUT2D eigenvalue weighted by atomic mass is 10.1. The van der Waals surface area contributed by atoms with Crippen LogP contribution in [0.3, 0.4) is 0 Å². The first kappa shape index (κ1) is 12.2. The molecule has 104 valence electrons. The third kappa shape index (κ3) is 1.83. The van der Waals surface area contributed by atoms with Gasteiger partial charge in [0, 0.05) is 30.1 Å². The lowest BCUT2D eigenvalue weighted by Crippen LogP contribution is -2.30. The number of fused-ring (bicyclic) bond motifs is 3. The smallest absolute Gasteiger partial charge is 0.164 e. The second-order valence-corrected chi connectivity index (χ2v) is 5.43. The number of H-pyrrole nitrogens is 1. The first-order chi connectivity index (χ1) is 10.4. The number of pyridine rings is 2. The highest BCUT2D eigenvalue weighted by atomic mass is 15.1. The van der Waals surface area contributed by atoms with Crippen molar-refractivity contribution in [2.45, 2.75) is 19.3 Å². The molecule has 0 spiro atoms. The monoisotopic (exact) mass is 277 g/mol. The maximum atomic E-state index is 9.45. The highest BCUT2D eigenvalue weighted by Gasteiger charge is 2.21. The van der Waals surface area contributed by atoms with Gasteiger partial charge in [0.15, 0.2) is 5.69 Å². The largest absolute Gasteiger partial charge is 0.369 e. The Labute approximate surface area is 122 Å². The quantitative estimate of drug-likeness (QED) is 0.742. The Kier molecular flexibility index (Phi) is 2.74. The fourth-order valence-electron chi connectivity index (χ4n) is 3.21. The number of aromatic amines is 1. The molecule has 4 heterocycles. The summed E-state index contributed by atoms with van der Waals surface area (Å²) in [7, 11) is 0. The lowest BCUT2D eigenvalue weighted by molar-refractivity contribution is 0.578. The molecule has 4 rings (SSSR count). The Morgan fingerprint density at radius 2 is 2.05 bits per heavy atom. The fraction of sp³-hybridized carbons (Fsp3) is 0.312. The predicted molar refractivity (Wildman–Crippen MR) is 82.2 cm³/mol. The van der Waals surface area contributed by atoms with Crippen LogP contribution in [0.25, 0.3) is 21.9 Å². The predicted octanol–water partition coefficient (Wildman–Crippen LogP) is 2.97. The summed E-state index contributed by atoms with van der Waals surface area (Å²) in [6.45, 7) is 1.98. The van der Waals surface area contributed by atoms with Gasteiger partial charge in [0.1, 0.15) is 11.7 Å². The average molecular weight is 277 g/mol. The Morgan fingerprint density at radius 1 is 1.19 bits per heavy atom. The van der Waals surface area contributed by atoms with E-state index in [0.29, 0.717) is 5.69 Å². The van der Waals surface area contributed by atoms with E-state index >= 15 is 0 Å². The third-order valence-corrected chi connectivity index (χ3v) is 4.16. The zero-order valence-electron chi connectivity index (χ0n) is 11.6. The Hall–Kier alpha value is -2.61. The number of nitrogens with zero attached hydrogens (tertiary/aromatic N) is 4. The molecule has 1 saturated heterocycles. The third-order valence-electron chi connectivity index (χ3n) is 4.16. The topological polar surface area (TPSA) is 68.6 Å². The van der Waals surface area contributed by atoms with Crippen molar-refractivity contribution in [3.8, 4) is 6.07 Å². The molecule has 5 nitrogen and oxygen atoms in total. The number of rotatable bonds is 1. The molecule has 1 aliphatic rings. The van der Waals surface area contributed by atoms with Crippen molar-refractivity contribution < 1.29 is 0 Å². The van der Waals surface area contributed by atoms with Gasteiger partial charge < -0.3 is 9.88 Å². The van der Waals surface area contributed by atoms with Crippen molar-refractivity contribution in [3.63, 3.8) is 0 Å². The van der Waals surface area contributed by atoms with E-state index in [1.165, 1.54) is 19.3 Å². The summed E-state index contributed by atoms with van der Waals surface area (Å²) in [6.07, 6.45) is 7.11. The summed E-state index contributed by atoms with van der Waals surface area (Å²) in [5.41, 5.74) is 3.27. The van der Waals surface area contributed by atoms with Crippen LogP contribution >= 0.6 is 0 Å². The van der Waals surface area contributed by atoms with Gasteiger partial charge in [-0.2, -0.15) is 5.26 Å². The van der Waals surface area contributed by atoms with E-state index in [0.717, 1.165) is 40.7 Å². The first-order valence-electron chi connectivity index (χ1n) is 7.29. The van der Waals surface area contributed by atoms with E-state index in [1.54, 1.807) is 12.4 Å². The van der Waals surface area contributed by atoms with E-state index in [4.69, 9.17) is 0 Å². The molecule has 0 unspecified atom stereocenters. The number of nitrogens with one attached hydrogen (secondary N) is 1. The molecule has 3 aromatic heterocycles. The van der Waals surface area contributed by atoms with Crippen LogP contribution in [0.15, 0.2) is 24.5 Å². The molecule has 5 heteroatoms. The van der Waals surface area contributed by atoms with Gasteiger partial charge in [-0.15, -0.1) is 0 Å². The Bertz CT molecular complexity index is 852. The number of anilines is 1. The second-order valence-electron chi connectivity index (χ2n) is 5.43. The molecule has 1 fully saturated rings. The number of hydrogen-bond acceptors (Lipinski definition) is 4. The minimum atomic E-state index is 0.508. The van der Waals surface area contributed by atoms with Gasteiger partial charge in [-0.05, 0) is 31.4 Å². The average Bonchev–Trinajstić information content (AvgIpc) is 2.93. The molecule has 0 saturated carbocycles. The molecule has 0 radical (unpaired) electrons. The zero-order chi connectivity index (χ0) is 14.2. The van der Waals surface area contributed by atoms with Gasteiger partial charge in [-0.25, -0.2) is 9.97 Å². The van der Waals surface area contributed by atoms with E-state index in [1.807, 2.05) is 6.07 Å². The van der Waals surface area contributed by atoms with Crippen LogP contribution in [0.2, 0.25) is 0 Å². The number of nitriles is 1. The molecule has 3 aromatic rings. The molecule has 0 bridgehead atoms. The summed E-state index contributed by atoms with van der Waals surface area (Å²) in [5.74, 6) is 0. The first-order valence-corrected chi connectivity index (χ1v) is 7.29. The van der Waals surface area contributed by atoms with Crippen molar-refractivity contribution in [1.29, 1.82) is 5.26 Å². The summed E-state index contributed by atoms with van der Waals surface area (Å²) in [4.78, 5) is 14.3. The molecule has 0 aliphatic carbocycles. The zero-order valence-corrected chi connectivity index (χ0v) is 11.6. The molecular formula is C16H15N5. The van der Waals surface area contributed by atoms with Gasteiger partial charge in [-0.1, -0.05) is 0 Å². The molecule has 1 N–H and O–H groups in total. The molecule has 21 heavy (non-hydrogen) atoms. The standard InChI is InChI=1S/C16H15N5/c17-9-12-15(21-7-2-1-3-8-21)14-11-5-4-6-18-16(11)20-13(14)10-19-12/h4-6,10H,1-3,7-8H2,(H,18,20). The molecule has 1 aliphatic heterocycles. The summed E-state index contributed by atoms with van der Waals surface area (Å²) in [6, 6.07) is 6.24. The van der Waals surface area contributed by atoms with Gasteiger partial charge in [0.05, 0.1) is 17.4 Å². The molecule has 0 amide bonds.